The third kappa shape index (κ3) is 6.62. The van der Waals surface area contributed by atoms with Gasteiger partial charge in [0.15, 0.2) is 5.78 Å². The summed E-state index contributed by atoms with van der Waals surface area (Å²) in [5, 5.41) is 3.41. The Hall–Kier alpha value is -4.88. The zero-order valence-corrected chi connectivity index (χ0v) is 20.6. The largest absolute Gasteiger partial charge is 0.462 e. The second kappa shape index (κ2) is 12.7. The highest BCUT2D eigenvalue weighted by atomic mass is 16.5. The number of ketones is 1. The van der Waals surface area contributed by atoms with Crippen molar-refractivity contribution >= 4 is 23.0 Å². The van der Waals surface area contributed by atoms with Crippen molar-refractivity contribution in [2.24, 2.45) is 0 Å². The van der Waals surface area contributed by atoms with Gasteiger partial charge in [-0.3, -0.25) is 4.79 Å². The Morgan fingerprint density at radius 1 is 0.676 bits per heavy atom. The van der Waals surface area contributed by atoms with Gasteiger partial charge >= 0.3 is 5.97 Å². The van der Waals surface area contributed by atoms with Crippen molar-refractivity contribution in [3.8, 4) is 11.8 Å². The smallest absolute Gasteiger partial charge is 0.338 e. The number of nitrogens with one attached hydrogen (secondary N) is 1. The number of esters is 1. The summed E-state index contributed by atoms with van der Waals surface area (Å²) in [6.45, 7) is 2.43. The summed E-state index contributed by atoms with van der Waals surface area (Å²) < 4.78 is 5.03. The quantitative estimate of drug-likeness (QED) is 0.105. The normalized spacial score (nSPS) is 10.9. The van der Waals surface area contributed by atoms with Crippen LogP contribution >= 0.6 is 0 Å². The zero-order valence-electron chi connectivity index (χ0n) is 20.6. The molecule has 0 atom stereocenters. The first-order chi connectivity index (χ1) is 18.2. The van der Waals surface area contributed by atoms with Crippen LogP contribution in [0.15, 0.2) is 115 Å². The van der Waals surface area contributed by atoms with Crippen molar-refractivity contribution in [1.29, 1.82) is 0 Å². The van der Waals surface area contributed by atoms with Crippen LogP contribution in [0.25, 0.3) is 11.3 Å². The van der Waals surface area contributed by atoms with Crippen LogP contribution in [-0.4, -0.2) is 24.9 Å². The van der Waals surface area contributed by atoms with Gasteiger partial charge in [-0.2, -0.15) is 0 Å². The van der Waals surface area contributed by atoms with Crippen molar-refractivity contribution in [1.82, 2.24) is 5.32 Å². The molecule has 0 amide bonds. The van der Waals surface area contributed by atoms with E-state index in [0.717, 1.165) is 16.7 Å². The highest BCUT2D eigenvalue weighted by Gasteiger charge is 2.20. The summed E-state index contributed by atoms with van der Waals surface area (Å²) in [5.74, 6) is 5.84. The number of allylic oxidation sites excluding steroid dienone is 1. The summed E-state index contributed by atoms with van der Waals surface area (Å²) >= 11 is 0. The molecule has 0 aliphatic heterocycles. The van der Waals surface area contributed by atoms with E-state index in [4.69, 9.17) is 4.74 Å². The number of ether oxygens (including phenoxy) is 1. The monoisotopic (exact) mass is 485 g/mol. The van der Waals surface area contributed by atoms with Crippen molar-refractivity contribution < 1.29 is 14.3 Å². The van der Waals surface area contributed by atoms with E-state index in [1.807, 2.05) is 91.0 Å². The molecule has 0 unspecified atom stereocenters. The molecular weight excluding hydrogens is 458 g/mol. The van der Waals surface area contributed by atoms with Gasteiger partial charge in [-0.05, 0) is 42.3 Å². The molecule has 0 saturated carbocycles. The Balaban J connectivity index is 1.67. The zero-order chi connectivity index (χ0) is 25.9. The molecule has 0 spiro atoms. The van der Waals surface area contributed by atoms with Gasteiger partial charge in [-0.1, -0.05) is 103 Å². The van der Waals surface area contributed by atoms with Crippen molar-refractivity contribution in [3.63, 3.8) is 0 Å². The van der Waals surface area contributed by atoms with Gasteiger partial charge in [0, 0.05) is 11.1 Å². The third-order valence-electron chi connectivity index (χ3n) is 5.62. The minimum absolute atomic E-state index is 0.0688. The second-order valence-electron chi connectivity index (χ2n) is 8.13. The summed E-state index contributed by atoms with van der Waals surface area (Å²) in [7, 11) is 0. The molecule has 0 bridgehead atoms. The van der Waals surface area contributed by atoms with Crippen LogP contribution in [0.3, 0.4) is 0 Å². The SMILES string of the molecule is CCOC(=O)c1ccc(C#CCN/C(=C(\C(=O)c2ccccc2)c2ccccc2)c2ccccc2)cc1. The Bertz CT molecular complexity index is 1430. The number of rotatable bonds is 8. The molecule has 0 aliphatic rings. The van der Waals surface area contributed by atoms with E-state index in [1.54, 1.807) is 31.2 Å². The molecule has 0 aliphatic carbocycles. The standard InChI is InChI=1S/C33H27NO3/c1-2-37-33(36)29-22-20-25(21-23-29)13-12-24-34-31(27-16-8-4-9-17-27)30(26-14-6-3-7-15-26)32(35)28-18-10-5-11-19-28/h3-11,14-23,34H,2,24H2,1H3/b31-30-. The Morgan fingerprint density at radius 2 is 1.22 bits per heavy atom. The molecule has 4 nitrogen and oxygen atoms in total. The number of benzene rings is 4. The molecular formula is C33H27NO3. The number of Topliss-reactive ketones (excluding diaryl/α,β-unsaturated/α-hetero) is 1. The first-order valence-electron chi connectivity index (χ1n) is 12.1. The predicted molar refractivity (Wildman–Crippen MR) is 148 cm³/mol. The minimum Gasteiger partial charge on any atom is -0.462 e. The van der Waals surface area contributed by atoms with Crippen LogP contribution in [0.2, 0.25) is 0 Å². The van der Waals surface area contributed by atoms with Crippen molar-refractivity contribution in [3.05, 3.63) is 143 Å². The molecule has 0 heterocycles. The summed E-state index contributed by atoms with van der Waals surface area (Å²) in [6.07, 6.45) is 0. The molecule has 4 aromatic rings. The number of hydrogen-bond donors (Lipinski definition) is 1. The van der Waals surface area contributed by atoms with Gasteiger partial charge < -0.3 is 10.1 Å². The third-order valence-corrected chi connectivity index (χ3v) is 5.62. The van der Waals surface area contributed by atoms with E-state index in [2.05, 4.69) is 17.2 Å². The van der Waals surface area contributed by atoms with E-state index in [9.17, 15) is 9.59 Å². The fourth-order valence-corrected chi connectivity index (χ4v) is 3.85. The van der Waals surface area contributed by atoms with Gasteiger partial charge in [-0.15, -0.1) is 0 Å². The maximum absolute atomic E-state index is 13.8. The lowest BCUT2D eigenvalue weighted by atomic mass is 9.92. The van der Waals surface area contributed by atoms with Gasteiger partial charge in [0.25, 0.3) is 0 Å². The lowest BCUT2D eigenvalue weighted by Crippen LogP contribution is -2.18. The summed E-state index contributed by atoms with van der Waals surface area (Å²) in [5.41, 5.74) is 4.91. The molecule has 182 valence electrons. The van der Waals surface area contributed by atoms with Crippen LogP contribution < -0.4 is 5.32 Å². The lowest BCUT2D eigenvalue weighted by molar-refractivity contribution is 0.0526. The maximum atomic E-state index is 13.8. The van der Waals surface area contributed by atoms with Crippen LogP contribution in [-0.2, 0) is 4.74 Å². The molecule has 4 aromatic carbocycles. The average Bonchev–Trinajstić information content (AvgIpc) is 2.96. The Morgan fingerprint density at radius 3 is 1.78 bits per heavy atom. The predicted octanol–water partition coefficient (Wildman–Crippen LogP) is 6.26. The average molecular weight is 486 g/mol. The lowest BCUT2D eigenvalue weighted by Gasteiger charge is -2.17. The molecule has 0 saturated heterocycles. The Kier molecular flexibility index (Phi) is 8.67. The summed E-state index contributed by atoms with van der Waals surface area (Å²) in [4.78, 5) is 25.6. The first kappa shape index (κ1) is 25.2. The van der Waals surface area contributed by atoms with E-state index >= 15 is 0 Å². The van der Waals surface area contributed by atoms with Crippen molar-refractivity contribution in [2.75, 3.05) is 13.2 Å². The molecule has 4 heteroatoms. The molecule has 0 aromatic heterocycles. The molecule has 4 rings (SSSR count). The van der Waals surface area contributed by atoms with Crippen LogP contribution in [0.5, 0.6) is 0 Å². The van der Waals surface area contributed by atoms with Crippen molar-refractivity contribution in [2.45, 2.75) is 6.92 Å². The summed E-state index contributed by atoms with van der Waals surface area (Å²) in [6, 6.07) is 35.7. The minimum atomic E-state index is -0.349. The molecule has 0 fully saturated rings. The Labute approximate surface area is 217 Å². The first-order valence-corrected chi connectivity index (χ1v) is 12.1. The molecule has 37 heavy (non-hydrogen) atoms. The maximum Gasteiger partial charge on any atom is 0.338 e. The van der Waals surface area contributed by atoms with Gasteiger partial charge in [0.05, 0.1) is 30.0 Å². The topological polar surface area (TPSA) is 55.4 Å². The van der Waals surface area contributed by atoms with E-state index in [0.29, 0.717) is 35.5 Å². The highest BCUT2D eigenvalue weighted by molar-refractivity contribution is 6.34. The van der Waals surface area contributed by atoms with E-state index < -0.39 is 0 Å². The van der Waals surface area contributed by atoms with E-state index in [1.165, 1.54) is 0 Å². The molecule has 0 radical (unpaired) electrons. The van der Waals surface area contributed by atoms with Crippen LogP contribution in [0, 0.1) is 11.8 Å². The van der Waals surface area contributed by atoms with E-state index in [-0.39, 0.29) is 11.8 Å². The fraction of sp³-hybridized carbons (Fsp3) is 0.0909. The van der Waals surface area contributed by atoms with Crippen LogP contribution in [0.4, 0.5) is 0 Å². The fourth-order valence-electron chi connectivity index (χ4n) is 3.85. The number of carbonyl (C=O) groups is 2. The second-order valence-corrected chi connectivity index (χ2v) is 8.13. The molecule has 1 N–H and O–H groups in total. The van der Waals surface area contributed by atoms with Gasteiger partial charge in [-0.25, -0.2) is 4.79 Å². The number of hydrogen-bond acceptors (Lipinski definition) is 4. The number of carbonyl (C=O) groups excluding carboxylic acids is 2. The highest BCUT2D eigenvalue weighted by Crippen LogP contribution is 2.28. The van der Waals surface area contributed by atoms with Gasteiger partial charge in [0.2, 0.25) is 0 Å². The van der Waals surface area contributed by atoms with Crippen LogP contribution in [0.1, 0.15) is 44.3 Å². The van der Waals surface area contributed by atoms with Gasteiger partial charge in [0.1, 0.15) is 0 Å².